The van der Waals surface area contributed by atoms with Crippen LogP contribution in [-0.2, 0) is 15.8 Å². The molecule has 0 unspecified atom stereocenters. The van der Waals surface area contributed by atoms with Gasteiger partial charge in [-0.25, -0.2) is 0 Å². The number of alkyl halides is 3. The van der Waals surface area contributed by atoms with Crippen molar-refractivity contribution in [3.8, 4) is 0 Å². The Morgan fingerprint density at radius 1 is 1.22 bits per heavy atom. The quantitative estimate of drug-likeness (QED) is 0.860. The van der Waals surface area contributed by atoms with Crippen molar-refractivity contribution in [2.24, 2.45) is 0 Å². The number of carbonyl (C=O) groups is 3. The van der Waals surface area contributed by atoms with Gasteiger partial charge in [-0.15, -0.1) is 0 Å². The van der Waals surface area contributed by atoms with Crippen molar-refractivity contribution in [1.82, 2.24) is 10.2 Å². The van der Waals surface area contributed by atoms with Crippen LogP contribution in [0.3, 0.4) is 0 Å². The molecule has 8 heteroatoms. The Balaban J connectivity index is 1.91. The Kier molecular flexibility index (Phi) is 3.62. The zero-order chi connectivity index (χ0) is 16.8. The number of rotatable bonds is 3. The monoisotopic (exact) mass is 326 g/mol. The Labute approximate surface area is 129 Å². The normalized spacial score (nSPS) is 21.3. The maximum Gasteiger partial charge on any atom is 0.416 e. The van der Waals surface area contributed by atoms with Crippen molar-refractivity contribution in [3.63, 3.8) is 0 Å². The van der Waals surface area contributed by atoms with Crippen molar-refractivity contribution in [2.45, 2.75) is 37.5 Å². The molecule has 0 spiro atoms. The van der Waals surface area contributed by atoms with E-state index in [0.29, 0.717) is 12.8 Å². The Morgan fingerprint density at radius 3 is 2.43 bits per heavy atom. The van der Waals surface area contributed by atoms with Gasteiger partial charge in [0.1, 0.15) is 6.04 Å². The molecule has 1 aliphatic heterocycles. The number of hydrogen-bond acceptors (Lipinski definition) is 3. The topological polar surface area (TPSA) is 66.5 Å². The van der Waals surface area contributed by atoms with Gasteiger partial charge in [-0.3, -0.25) is 19.7 Å². The van der Waals surface area contributed by atoms with Gasteiger partial charge in [-0.05, 0) is 31.0 Å². The summed E-state index contributed by atoms with van der Waals surface area (Å²) in [6, 6.07) is 2.93. The van der Waals surface area contributed by atoms with Gasteiger partial charge >= 0.3 is 6.18 Å². The summed E-state index contributed by atoms with van der Waals surface area (Å²) in [7, 11) is 0. The molecule has 5 nitrogen and oxygen atoms in total. The summed E-state index contributed by atoms with van der Waals surface area (Å²) in [5, 5.41) is 2.12. The predicted molar refractivity (Wildman–Crippen MR) is 72.2 cm³/mol. The van der Waals surface area contributed by atoms with E-state index in [1.165, 1.54) is 11.0 Å². The fraction of sp³-hybridized carbons (Fsp3) is 0.400. The lowest BCUT2D eigenvalue weighted by atomic mass is 10.1. The second-order valence-electron chi connectivity index (χ2n) is 5.65. The van der Waals surface area contributed by atoms with E-state index in [0.717, 1.165) is 18.2 Å². The predicted octanol–water partition coefficient (Wildman–Crippen LogP) is 1.73. The van der Waals surface area contributed by atoms with Crippen molar-refractivity contribution >= 4 is 17.7 Å². The Bertz CT molecular complexity index is 683. The van der Waals surface area contributed by atoms with Gasteiger partial charge in [0.15, 0.2) is 0 Å². The highest BCUT2D eigenvalue weighted by molar-refractivity contribution is 6.08. The van der Waals surface area contributed by atoms with E-state index in [2.05, 4.69) is 5.32 Å². The van der Waals surface area contributed by atoms with E-state index >= 15 is 0 Å². The first kappa shape index (κ1) is 15.5. The molecule has 1 heterocycles. The van der Waals surface area contributed by atoms with Crippen LogP contribution in [0.5, 0.6) is 0 Å². The molecule has 122 valence electrons. The van der Waals surface area contributed by atoms with Crippen LogP contribution in [0.25, 0.3) is 0 Å². The molecule has 1 aromatic rings. The summed E-state index contributed by atoms with van der Waals surface area (Å²) in [6.07, 6.45) is -3.37. The van der Waals surface area contributed by atoms with Crippen LogP contribution < -0.4 is 5.32 Å². The summed E-state index contributed by atoms with van der Waals surface area (Å²) in [4.78, 5) is 37.0. The zero-order valence-corrected chi connectivity index (χ0v) is 11.9. The van der Waals surface area contributed by atoms with Gasteiger partial charge < -0.3 is 4.90 Å². The van der Waals surface area contributed by atoms with Crippen molar-refractivity contribution < 1.29 is 27.6 Å². The molecular weight excluding hydrogens is 313 g/mol. The van der Waals surface area contributed by atoms with Gasteiger partial charge in [0.25, 0.3) is 5.91 Å². The highest BCUT2D eigenvalue weighted by Gasteiger charge is 2.45. The average Bonchev–Trinajstić information content (AvgIpc) is 3.24. The number of hydrogen-bond donors (Lipinski definition) is 1. The molecule has 1 N–H and O–H groups in total. The minimum Gasteiger partial charge on any atom is -0.323 e. The molecule has 0 bridgehead atoms. The molecule has 1 atom stereocenters. The smallest absolute Gasteiger partial charge is 0.323 e. The minimum atomic E-state index is -4.55. The molecule has 23 heavy (non-hydrogen) atoms. The van der Waals surface area contributed by atoms with E-state index in [-0.39, 0.29) is 18.0 Å². The van der Waals surface area contributed by atoms with E-state index < -0.39 is 35.5 Å². The highest BCUT2D eigenvalue weighted by Crippen LogP contribution is 2.34. The third-order valence-corrected chi connectivity index (χ3v) is 3.89. The molecule has 2 fully saturated rings. The van der Waals surface area contributed by atoms with Crippen LogP contribution in [-0.4, -0.2) is 34.7 Å². The van der Waals surface area contributed by atoms with E-state index in [9.17, 15) is 27.6 Å². The van der Waals surface area contributed by atoms with Crippen LogP contribution in [0, 0.1) is 0 Å². The molecule has 1 aromatic carbocycles. The van der Waals surface area contributed by atoms with Crippen LogP contribution >= 0.6 is 0 Å². The average molecular weight is 326 g/mol. The summed E-state index contributed by atoms with van der Waals surface area (Å²) in [5.74, 6) is -1.72. The highest BCUT2D eigenvalue weighted by atomic mass is 19.4. The minimum absolute atomic E-state index is 0.140. The number of nitrogens with zero attached hydrogens (tertiary/aromatic N) is 1. The fourth-order valence-corrected chi connectivity index (χ4v) is 2.66. The van der Waals surface area contributed by atoms with Crippen molar-refractivity contribution in [1.29, 1.82) is 0 Å². The lowest BCUT2D eigenvalue weighted by Crippen LogP contribution is -2.46. The van der Waals surface area contributed by atoms with Gasteiger partial charge in [0.05, 0.1) is 12.0 Å². The molecule has 3 rings (SSSR count). The fourth-order valence-electron chi connectivity index (χ4n) is 2.66. The third kappa shape index (κ3) is 3.06. The number of halogens is 3. The Morgan fingerprint density at radius 2 is 1.91 bits per heavy atom. The summed E-state index contributed by atoms with van der Waals surface area (Å²) in [5.41, 5.74) is -1.06. The second-order valence-corrected chi connectivity index (χ2v) is 5.65. The number of imide groups is 1. The van der Waals surface area contributed by atoms with Crippen molar-refractivity contribution in [3.05, 3.63) is 35.4 Å². The molecular formula is C15H13F3N2O3. The molecule has 0 radical (unpaired) electrons. The van der Waals surface area contributed by atoms with E-state index in [4.69, 9.17) is 0 Å². The molecule has 2 aliphatic rings. The SMILES string of the molecule is O=C1C[C@@H](N(C(=O)c2cccc(C(F)(F)F)c2)C2CC2)C(=O)N1. The van der Waals surface area contributed by atoms with Gasteiger partial charge in [0, 0.05) is 11.6 Å². The number of nitrogens with one attached hydrogen (secondary N) is 1. The first-order valence-corrected chi connectivity index (χ1v) is 7.11. The van der Waals surface area contributed by atoms with Crippen molar-refractivity contribution in [2.75, 3.05) is 0 Å². The van der Waals surface area contributed by atoms with Gasteiger partial charge in [-0.1, -0.05) is 6.07 Å². The largest absolute Gasteiger partial charge is 0.416 e. The van der Waals surface area contributed by atoms with Gasteiger partial charge in [-0.2, -0.15) is 13.2 Å². The molecule has 3 amide bonds. The van der Waals surface area contributed by atoms with Crippen LogP contribution in [0.4, 0.5) is 13.2 Å². The molecule has 1 aliphatic carbocycles. The Hall–Kier alpha value is -2.38. The zero-order valence-electron chi connectivity index (χ0n) is 11.9. The number of amides is 3. The lowest BCUT2D eigenvalue weighted by molar-refractivity contribution is -0.137. The van der Waals surface area contributed by atoms with Crippen LogP contribution in [0.2, 0.25) is 0 Å². The summed E-state index contributed by atoms with van der Waals surface area (Å²) in [6.45, 7) is 0. The molecule has 1 saturated heterocycles. The molecule has 1 saturated carbocycles. The van der Waals surface area contributed by atoms with Crippen LogP contribution in [0.1, 0.15) is 35.2 Å². The van der Waals surface area contributed by atoms with E-state index in [1.54, 1.807) is 0 Å². The third-order valence-electron chi connectivity index (χ3n) is 3.89. The van der Waals surface area contributed by atoms with Gasteiger partial charge in [0.2, 0.25) is 11.8 Å². The van der Waals surface area contributed by atoms with E-state index in [1.807, 2.05) is 0 Å². The first-order valence-electron chi connectivity index (χ1n) is 7.11. The standard InChI is InChI=1S/C15H13F3N2O3/c16-15(17,18)9-3-1-2-8(6-9)14(23)20(10-4-5-10)11-7-12(21)19-13(11)22/h1-3,6,10-11H,4-5,7H2,(H,19,21,22)/t11-/m1/s1. The number of carbonyl (C=O) groups excluding carboxylic acids is 3. The maximum absolute atomic E-state index is 12.8. The molecule has 0 aromatic heterocycles. The summed E-state index contributed by atoms with van der Waals surface area (Å²) >= 11 is 0. The maximum atomic E-state index is 12.8. The second kappa shape index (κ2) is 5.36. The summed E-state index contributed by atoms with van der Waals surface area (Å²) < 4.78 is 38.4. The number of benzene rings is 1. The lowest BCUT2D eigenvalue weighted by Gasteiger charge is -2.27. The first-order chi connectivity index (χ1) is 10.8. The van der Waals surface area contributed by atoms with Crippen LogP contribution in [0.15, 0.2) is 24.3 Å².